The van der Waals surface area contributed by atoms with Gasteiger partial charge in [0.2, 0.25) is 0 Å². The van der Waals surface area contributed by atoms with E-state index < -0.39 is 0 Å². The van der Waals surface area contributed by atoms with E-state index in [-0.39, 0.29) is 12.6 Å². The lowest BCUT2D eigenvalue weighted by atomic mass is 10.2. The SMILES string of the molecule is C#CC[C@@H](N)CO. The van der Waals surface area contributed by atoms with Crippen LogP contribution in [-0.4, -0.2) is 17.8 Å². The van der Waals surface area contributed by atoms with Crippen molar-refractivity contribution in [2.45, 2.75) is 12.5 Å². The molecule has 0 aromatic carbocycles. The van der Waals surface area contributed by atoms with Gasteiger partial charge in [0, 0.05) is 12.5 Å². The molecule has 40 valence electrons. The molecule has 0 saturated heterocycles. The first kappa shape index (κ1) is 6.48. The van der Waals surface area contributed by atoms with Gasteiger partial charge in [0.1, 0.15) is 0 Å². The lowest BCUT2D eigenvalue weighted by molar-refractivity contribution is 0.267. The van der Waals surface area contributed by atoms with Crippen LogP contribution in [0.1, 0.15) is 6.42 Å². The summed E-state index contributed by atoms with van der Waals surface area (Å²) < 4.78 is 0. The normalized spacial score (nSPS) is 12.7. The molecule has 0 saturated carbocycles. The van der Waals surface area contributed by atoms with Crippen LogP contribution in [0.4, 0.5) is 0 Å². The van der Waals surface area contributed by atoms with Crippen molar-refractivity contribution in [3.63, 3.8) is 0 Å². The number of hydrogen-bond donors (Lipinski definition) is 2. The van der Waals surface area contributed by atoms with Crippen molar-refractivity contribution in [3.8, 4) is 12.3 Å². The van der Waals surface area contributed by atoms with Gasteiger partial charge in [0.05, 0.1) is 6.61 Å². The Morgan fingerprint density at radius 3 is 2.57 bits per heavy atom. The fourth-order valence-electron chi connectivity index (χ4n) is 0.216. The first-order chi connectivity index (χ1) is 3.31. The van der Waals surface area contributed by atoms with Crippen molar-refractivity contribution in [2.24, 2.45) is 5.73 Å². The molecule has 0 bridgehead atoms. The monoisotopic (exact) mass is 99.1 g/mol. The molecule has 0 aliphatic carbocycles. The van der Waals surface area contributed by atoms with Crippen LogP contribution in [0.15, 0.2) is 0 Å². The molecule has 1 atom stereocenters. The van der Waals surface area contributed by atoms with Gasteiger partial charge in [-0.15, -0.1) is 12.3 Å². The fraction of sp³-hybridized carbons (Fsp3) is 0.600. The highest BCUT2D eigenvalue weighted by molar-refractivity contribution is 4.87. The second kappa shape index (κ2) is 3.66. The minimum atomic E-state index is -0.231. The molecule has 0 aliphatic rings. The number of hydrogen-bond acceptors (Lipinski definition) is 2. The Morgan fingerprint density at radius 2 is 2.43 bits per heavy atom. The van der Waals surface area contributed by atoms with Gasteiger partial charge in [-0.2, -0.15) is 0 Å². The lowest BCUT2D eigenvalue weighted by Crippen LogP contribution is -2.23. The van der Waals surface area contributed by atoms with E-state index in [4.69, 9.17) is 17.3 Å². The van der Waals surface area contributed by atoms with Gasteiger partial charge in [-0.3, -0.25) is 0 Å². The van der Waals surface area contributed by atoms with E-state index in [0.29, 0.717) is 6.42 Å². The second-order valence-electron chi connectivity index (χ2n) is 1.35. The number of terminal acetylenes is 1. The van der Waals surface area contributed by atoms with Crippen LogP contribution in [0.25, 0.3) is 0 Å². The average Bonchev–Trinajstić information content (AvgIpc) is 1.68. The first-order valence-electron chi connectivity index (χ1n) is 2.11. The number of rotatable bonds is 2. The quantitative estimate of drug-likeness (QED) is 0.451. The maximum atomic E-state index is 8.25. The largest absolute Gasteiger partial charge is 0.395 e. The molecule has 0 radical (unpaired) electrons. The topological polar surface area (TPSA) is 46.2 Å². The summed E-state index contributed by atoms with van der Waals surface area (Å²) in [5.74, 6) is 2.33. The van der Waals surface area contributed by atoms with Crippen molar-refractivity contribution in [1.29, 1.82) is 0 Å². The van der Waals surface area contributed by atoms with Crippen molar-refractivity contribution in [1.82, 2.24) is 0 Å². The molecule has 3 N–H and O–H groups in total. The van der Waals surface area contributed by atoms with Gasteiger partial charge in [-0.05, 0) is 0 Å². The highest BCUT2D eigenvalue weighted by atomic mass is 16.3. The zero-order valence-electron chi connectivity index (χ0n) is 4.09. The zero-order valence-corrected chi connectivity index (χ0v) is 4.09. The highest BCUT2D eigenvalue weighted by Crippen LogP contribution is 1.79. The molecule has 0 fully saturated rings. The highest BCUT2D eigenvalue weighted by Gasteiger charge is 1.92. The maximum Gasteiger partial charge on any atom is 0.0591 e. The van der Waals surface area contributed by atoms with E-state index in [1.54, 1.807) is 0 Å². The van der Waals surface area contributed by atoms with Gasteiger partial charge in [-0.1, -0.05) is 0 Å². The van der Waals surface area contributed by atoms with E-state index in [2.05, 4.69) is 5.92 Å². The van der Waals surface area contributed by atoms with Crippen molar-refractivity contribution < 1.29 is 5.11 Å². The van der Waals surface area contributed by atoms with Gasteiger partial charge in [0.15, 0.2) is 0 Å². The molecule has 0 rings (SSSR count). The van der Waals surface area contributed by atoms with E-state index >= 15 is 0 Å². The summed E-state index contributed by atoms with van der Waals surface area (Å²) in [5.41, 5.74) is 5.19. The molecular formula is C5H9NO. The second-order valence-corrected chi connectivity index (χ2v) is 1.35. The van der Waals surface area contributed by atoms with Crippen LogP contribution in [0, 0.1) is 12.3 Å². The molecule has 7 heavy (non-hydrogen) atoms. The molecule has 0 aromatic rings. The first-order valence-corrected chi connectivity index (χ1v) is 2.11. The summed E-state index contributed by atoms with van der Waals surface area (Å²) >= 11 is 0. The summed E-state index contributed by atoms with van der Waals surface area (Å²) in [5, 5.41) is 8.25. The fourth-order valence-corrected chi connectivity index (χ4v) is 0.216. The van der Waals surface area contributed by atoms with E-state index in [9.17, 15) is 0 Å². The number of nitrogens with two attached hydrogens (primary N) is 1. The van der Waals surface area contributed by atoms with Gasteiger partial charge in [0.25, 0.3) is 0 Å². The van der Waals surface area contributed by atoms with Gasteiger partial charge < -0.3 is 10.8 Å². The van der Waals surface area contributed by atoms with Crippen LogP contribution < -0.4 is 5.73 Å². The predicted octanol–water partition coefficient (Wildman–Crippen LogP) is -0.671. The molecule has 0 aliphatic heterocycles. The van der Waals surface area contributed by atoms with Crippen LogP contribution >= 0.6 is 0 Å². The smallest absolute Gasteiger partial charge is 0.0591 e. The third-order valence-electron chi connectivity index (χ3n) is 0.615. The van der Waals surface area contributed by atoms with Gasteiger partial charge in [-0.25, -0.2) is 0 Å². The van der Waals surface area contributed by atoms with Crippen LogP contribution in [0.5, 0.6) is 0 Å². The summed E-state index contributed by atoms with van der Waals surface area (Å²) in [6.07, 6.45) is 5.32. The summed E-state index contributed by atoms with van der Waals surface area (Å²) in [6.45, 7) is -0.0236. The summed E-state index contributed by atoms with van der Waals surface area (Å²) in [7, 11) is 0. The lowest BCUT2D eigenvalue weighted by Gasteiger charge is -1.98. The van der Waals surface area contributed by atoms with Crippen molar-refractivity contribution >= 4 is 0 Å². The maximum absolute atomic E-state index is 8.25. The van der Waals surface area contributed by atoms with Gasteiger partial charge >= 0.3 is 0 Å². The van der Waals surface area contributed by atoms with Crippen LogP contribution in [0.2, 0.25) is 0 Å². The molecular weight excluding hydrogens is 90.1 g/mol. The molecule has 0 spiro atoms. The summed E-state index contributed by atoms with van der Waals surface area (Å²) in [4.78, 5) is 0. The Hall–Kier alpha value is -0.520. The van der Waals surface area contributed by atoms with Crippen LogP contribution in [0.3, 0.4) is 0 Å². The molecule has 2 heteroatoms. The minimum Gasteiger partial charge on any atom is -0.395 e. The Morgan fingerprint density at radius 1 is 1.86 bits per heavy atom. The van der Waals surface area contributed by atoms with E-state index in [1.807, 2.05) is 0 Å². The van der Waals surface area contributed by atoms with E-state index in [0.717, 1.165) is 0 Å². The van der Waals surface area contributed by atoms with E-state index in [1.165, 1.54) is 0 Å². The Kier molecular flexibility index (Phi) is 3.39. The predicted molar refractivity (Wildman–Crippen MR) is 28.5 cm³/mol. The molecule has 0 amide bonds. The Labute approximate surface area is 43.3 Å². The Bertz CT molecular complexity index is 74.6. The average molecular weight is 99.1 g/mol. The Balaban J connectivity index is 3.03. The van der Waals surface area contributed by atoms with Crippen molar-refractivity contribution in [3.05, 3.63) is 0 Å². The third-order valence-corrected chi connectivity index (χ3v) is 0.615. The van der Waals surface area contributed by atoms with Crippen LogP contribution in [-0.2, 0) is 0 Å². The minimum absolute atomic E-state index is 0.0236. The summed E-state index contributed by atoms with van der Waals surface area (Å²) in [6, 6.07) is -0.231. The third kappa shape index (κ3) is 3.31. The molecule has 0 heterocycles. The number of aliphatic hydroxyl groups is 1. The zero-order chi connectivity index (χ0) is 5.70. The molecule has 0 aromatic heterocycles. The standard InChI is InChI=1S/C5H9NO/c1-2-3-5(6)4-7/h1,5,7H,3-4,6H2/t5-/m1/s1. The molecule has 0 unspecified atom stereocenters. The van der Waals surface area contributed by atoms with Crippen molar-refractivity contribution in [2.75, 3.05) is 6.61 Å². The molecule has 2 nitrogen and oxygen atoms in total. The number of aliphatic hydroxyl groups excluding tert-OH is 1.